The van der Waals surface area contributed by atoms with Crippen LogP contribution in [0, 0.1) is 5.92 Å². The van der Waals surface area contributed by atoms with E-state index in [2.05, 4.69) is 4.74 Å². The van der Waals surface area contributed by atoms with Crippen molar-refractivity contribution in [2.24, 2.45) is 11.7 Å². The van der Waals surface area contributed by atoms with E-state index in [1.807, 2.05) is 13.8 Å². The maximum atomic E-state index is 12.4. The van der Waals surface area contributed by atoms with Gasteiger partial charge in [0, 0.05) is 6.04 Å². The number of nitrogens with two attached hydrogens (primary N) is 1. The summed E-state index contributed by atoms with van der Waals surface area (Å²) in [6, 6.07) is -0.386. The molecule has 0 aliphatic heterocycles. The second kappa shape index (κ2) is 7.06. The van der Waals surface area contributed by atoms with Crippen LogP contribution in [0.15, 0.2) is 0 Å². The maximum absolute atomic E-state index is 12.4. The summed E-state index contributed by atoms with van der Waals surface area (Å²) >= 11 is 0. The Morgan fingerprint density at radius 2 is 1.69 bits per heavy atom. The van der Waals surface area contributed by atoms with Crippen molar-refractivity contribution in [1.82, 2.24) is 0 Å². The third kappa shape index (κ3) is 5.12. The van der Waals surface area contributed by atoms with E-state index in [4.69, 9.17) is 5.73 Å². The standard InChI is InChI=1S/C10H19F4NO/c1-3-7(4-2)8(15)5-16-6-10(13,14)9(11)12/h7-9H,3-6,15H2,1-2H3. The molecule has 0 aliphatic rings. The van der Waals surface area contributed by atoms with Crippen LogP contribution < -0.4 is 5.73 Å². The van der Waals surface area contributed by atoms with Crippen molar-refractivity contribution in [3.8, 4) is 0 Å². The average molecular weight is 245 g/mol. The highest BCUT2D eigenvalue weighted by Crippen LogP contribution is 2.23. The first-order valence-corrected chi connectivity index (χ1v) is 5.34. The smallest absolute Gasteiger partial charge is 0.330 e. The van der Waals surface area contributed by atoms with Gasteiger partial charge in [-0.1, -0.05) is 26.7 Å². The van der Waals surface area contributed by atoms with E-state index in [0.717, 1.165) is 12.8 Å². The van der Waals surface area contributed by atoms with E-state index in [-0.39, 0.29) is 18.6 Å². The van der Waals surface area contributed by atoms with Gasteiger partial charge >= 0.3 is 12.3 Å². The first kappa shape index (κ1) is 15.6. The van der Waals surface area contributed by atoms with Gasteiger partial charge in [-0.25, -0.2) is 8.78 Å². The minimum atomic E-state index is -4.09. The van der Waals surface area contributed by atoms with Gasteiger partial charge in [-0.05, 0) is 5.92 Å². The van der Waals surface area contributed by atoms with E-state index in [1.165, 1.54) is 0 Å². The fraction of sp³-hybridized carbons (Fsp3) is 1.00. The lowest BCUT2D eigenvalue weighted by molar-refractivity contribution is -0.167. The van der Waals surface area contributed by atoms with Gasteiger partial charge in [-0.2, -0.15) is 8.78 Å². The van der Waals surface area contributed by atoms with Crippen LogP contribution in [0.3, 0.4) is 0 Å². The fourth-order valence-electron chi connectivity index (χ4n) is 1.42. The molecule has 0 saturated heterocycles. The van der Waals surface area contributed by atoms with Crippen LogP contribution in [-0.2, 0) is 4.74 Å². The summed E-state index contributed by atoms with van der Waals surface area (Å²) in [5.41, 5.74) is 5.69. The molecule has 1 unspecified atom stereocenters. The summed E-state index contributed by atoms with van der Waals surface area (Å²) in [6.07, 6.45) is -2.07. The van der Waals surface area contributed by atoms with Crippen LogP contribution in [0.4, 0.5) is 17.6 Å². The summed E-state index contributed by atoms with van der Waals surface area (Å²) in [5.74, 6) is -3.92. The predicted octanol–water partition coefficient (Wildman–Crippen LogP) is 2.67. The number of rotatable bonds is 8. The Hall–Kier alpha value is -0.360. The van der Waals surface area contributed by atoms with Crippen molar-refractivity contribution >= 4 is 0 Å². The number of halogens is 4. The Labute approximate surface area is 93.1 Å². The minimum Gasteiger partial charge on any atom is -0.373 e. The molecule has 0 rings (SSSR count). The van der Waals surface area contributed by atoms with Crippen molar-refractivity contribution in [3.05, 3.63) is 0 Å². The Morgan fingerprint density at radius 3 is 2.06 bits per heavy atom. The van der Waals surface area contributed by atoms with Crippen molar-refractivity contribution in [3.63, 3.8) is 0 Å². The van der Waals surface area contributed by atoms with E-state index < -0.39 is 19.0 Å². The van der Waals surface area contributed by atoms with Crippen LogP contribution in [-0.4, -0.2) is 31.6 Å². The van der Waals surface area contributed by atoms with Gasteiger partial charge in [0.25, 0.3) is 0 Å². The van der Waals surface area contributed by atoms with Crippen LogP contribution in [0.1, 0.15) is 26.7 Å². The van der Waals surface area contributed by atoms with E-state index in [9.17, 15) is 17.6 Å². The molecule has 0 heterocycles. The van der Waals surface area contributed by atoms with Gasteiger partial charge in [0.05, 0.1) is 6.61 Å². The van der Waals surface area contributed by atoms with E-state index in [1.54, 1.807) is 0 Å². The molecule has 0 radical (unpaired) electrons. The van der Waals surface area contributed by atoms with Crippen LogP contribution >= 0.6 is 0 Å². The molecule has 6 heteroatoms. The van der Waals surface area contributed by atoms with Crippen LogP contribution in [0.2, 0.25) is 0 Å². The Morgan fingerprint density at radius 1 is 1.19 bits per heavy atom. The molecule has 0 aromatic heterocycles. The van der Waals surface area contributed by atoms with Gasteiger partial charge < -0.3 is 10.5 Å². The third-order valence-electron chi connectivity index (χ3n) is 2.58. The minimum absolute atomic E-state index is 0.116. The molecule has 2 N–H and O–H groups in total. The summed E-state index contributed by atoms with van der Waals surface area (Å²) in [5, 5.41) is 0. The van der Waals surface area contributed by atoms with Gasteiger partial charge in [-0.15, -0.1) is 0 Å². The molecule has 2 nitrogen and oxygen atoms in total. The highest BCUT2D eigenvalue weighted by molar-refractivity contribution is 4.72. The summed E-state index contributed by atoms with van der Waals surface area (Å²) in [4.78, 5) is 0. The third-order valence-corrected chi connectivity index (χ3v) is 2.58. The molecule has 0 fully saturated rings. The lowest BCUT2D eigenvalue weighted by atomic mass is 9.95. The van der Waals surface area contributed by atoms with Crippen LogP contribution in [0.25, 0.3) is 0 Å². The van der Waals surface area contributed by atoms with Crippen molar-refractivity contribution in [2.45, 2.75) is 45.1 Å². The van der Waals surface area contributed by atoms with E-state index in [0.29, 0.717) is 0 Å². The zero-order valence-corrected chi connectivity index (χ0v) is 9.56. The molecule has 0 aromatic carbocycles. The predicted molar refractivity (Wildman–Crippen MR) is 53.8 cm³/mol. The van der Waals surface area contributed by atoms with Crippen molar-refractivity contribution < 1.29 is 22.3 Å². The monoisotopic (exact) mass is 245 g/mol. The number of ether oxygens (including phenoxy) is 1. The largest absolute Gasteiger partial charge is 0.373 e. The molecule has 0 amide bonds. The second-order valence-corrected chi connectivity index (χ2v) is 3.82. The molecule has 0 saturated carbocycles. The van der Waals surface area contributed by atoms with Crippen LogP contribution in [0.5, 0.6) is 0 Å². The zero-order chi connectivity index (χ0) is 12.8. The molecule has 0 aliphatic carbocycles. The summed E-state index contributed by atoms with van der Waals surface area (Å²) < 4.78 is 53.0. The first-order chi connectivity index (χ1) is 7.35. The molecule has 16 heavy (non-hydrogen) atoms. The van der Waals surface area contributed by atoms with Gasteiger partial charge in [-0.3, -0.25) is 0 Å². The molecular formula is C10H19F4NO. The summed E-state index contributed by atoms with van der Waals surface area (Å²) in [7, 11) is 0. The second-order valence-electron chi connectivity index (χ2n) is 3.82. The Bertz CT molecular complexity index is 186. The highest BCUT2D eigenvalue weighted by Gasteiger charge is 2.41. The molecule has 1 atom stereocenters. The quantitative estimate of drug-likeness (QED) is 0.667. The Kier molecular flexibility index (Phi) is 6.90. The van der Waals surface area contributed by atoms with E-state index >= 15 is 0 Å². The van der Waals surface area contributed by atoms with Gasteiger partial charge in [0.15, 0.2) is 0 Å². The number of hydrogen-bond acceptors (Lipinski definition) is 2. The Balaban J connectivity index is 3.89. The maximum Gasteiger partial charge on any atom is 0.330 e. The number of hydrogen-bond donors (Lipinski definition) is 1. The van der Waals surface area contributed by atoms with Crippen molar-refractivity contribution in [1.29, 1.82) is 0 Å². The first-order valence-electron chi connectivity index (χ1n) is 5.34. The average Bonchev–Trinajstić information content (AvgIpc) is 2.19. The van der Waals surface area contributed by atoms with Gasteiger partial charge in [0.1, 0.15) is 6.61 Å². The lowest BCUT2D eigenvalue weighted by Gasteiger charge is -2.22. The molecular weight excluding hydrogens is 226 g/mol. The van der Waals surface area contributed by atoms with Crippen molar-refractivity contribution in [2.75, 3.05) is 13.2 Å². The zero-order valence-electron chi connectivity index (χ0n) is 9.56. The lowest BCUT2D eigenvalue weighted by Crippen LogP contribution is -2.38. The van der Waals surface area contributed by atoms with Gasteiger partial charge in [0.2, 0.25) is 0 Å². The fourth-order valence-corrected chi connectivity index (χ4v) is 1.42. The summed E-state index contributed by atoms with van der Waals surface area (Å²) in [6.45, 7) is 2.47. The highest BCUT2D eigenvalue weighted by atomic mass is 19.3. The number of alkyl halides is 4. The molecule has 0 spiro atoms. The molecule has 98 valence electrons. The normalized spacial score (nSPS) is 14.8. The SMILES string of the molecule is CCC(CC)C(N)COCC(F)(F)C(F)F. The topological polar surface area (TPSA) is 35.2 Å². The molecule has 0 aromatic rings. The molecule has 0 bridgehead atoms.